The number of hydrogen-bond acceptors (Lipinski definition) is 8. The Hall–Kier alpha value is -5.68. The molecule has 4 amide bonds. The minimum Gasteiger partial charge on any atom is -0.508 e. The van der Waals surface area contributed by atoms with Gasteiger partial charge in [0, 0.05) is 29.1 Å². The Morgan fingerprint density at radius 2 is 1.57 bits per heavy atom. The van der Waals surface area contributed by atoms with Gasteiger partial charge >= 0.3 is 0 Å². The second-order valence-electron chi connectivity index (χ2n) is 14.0. The summed E-state index contributed by atoms with van der Waals surface area (Å²) in [5.41, 5.74) is 4.28. The third-order valence-electron chi connectivity index (χ3n) is 11.4. The van der Waals surface area contributed by atoms with E-state index in [0.717, 1.165) is 16.1 Å². The summed E-state index contributed by atoms with van der Waals surface area (Å²) in [6.07, 6.45) is 2.67. The summed E-state index contributed by atoms with van der Waals surface area (Å²) in [5, 5.41) is 21.6. The van der Waals surface area contributed by atoms with E-state index in [9.17, 15) is 29.0 Å². The second kappa shape index (κ2) is 13.1. The van der Waals surface area contributed by atoms with Gasteiger partial charge in [0.05, 0.1) is 36.0 Å². The van der Waals surface area contributed by atoms with Crippen LogP contribution in [0.15, 0.2) is 103 Å². The lowest BCUT2D eigenvalue weighted by molar-refractivity contribution is -0.141. The van der Waals surface area contributed by atoms with Crippen molar-refractivity contribution in [2.24, 2.45) is 23.7 Å². The number of phenolic OH excluding ortho intramolecular Hbond substituents is 2. The lowest BCUT2D eigenvalue weighted by Crippen LogP contribution is -2.53. The normalized spacial score (nSPS) is 26.2. The maximum Gasteiger partial charge on any atom is 0.260 e. The van der Waals surface area contributed by atoms with E-state index in [4.69, 9.17) is 16.3 Å². The zero-order chi connectivity index (χ0) is 37.2. The van der Waals surface area contributed by atoms with Crippen LogP contribution in [0.1, 0.15) is 35.4 Å². The van der Waals surface area contributed by atoms with Gasteiger partial charge in [0.1, 0.15) is 23.1 Å². The fraction of sp³-hybridized carbons (Fsp3) is 0.268. The van der Waals surface area contributed by atoms with E-state index in [0.29, 0.717) is 28.3 Å². The number of allylic oxidation sites excluding steroid dienone is 2. The highest BCUT2D eigenvalue weighted by molar-refractivity contribution is 6.30. The van der Waals surface area contributed by atoms with Crippen LogP contribution in [0.2, 0.25) is 5.02 Å². The minimum atomic E-state index is -1.58. The lowest BCUT2D eigenvalue weighted by Gasteiger charge is -2.50. The monoisotopic (exact) mass is 735 g/mol. The smallest absolute Gasteiger partial charge is 0.260 e. The number of anilines is 1. The van der Waals surface area contributed by atoms with Crippen molar-refractivity contribution >= 4 is 40.9 Å². The first-order valence-electron chi connectivity index (χ1n) is 17.4. The molecule has 4 aliphatic rings. The number of rotatable bonds is 8. The highest BCUT2D eigenvalue weighted by atomic mass is 35.5. The molecule has 2 aliphatic heterocycles. The highest BCUT2D eigenvalue weighted by Crippen LogP contribution is 2.65. The van der Waals surface area contributed by atoms with Gasteiger partial charge < -0.3 is 14.9 Å². The number of ether oxygens (including phenoxy) is 1. The SMILES string of the molecule is COc1cc(O)ccc1[C@H]1C2=CC[C@@H]3C(=O)N(CCc4ccc(O)cc4)C(=O)[C@@H]3[C@@H]2C[C@H]2C(=O)N(Nc3ccc(F)cc3)C(=O)[C@@]12c1ccc(Cl)cc1. The molecule has 8 rings (SSSR count). The van der Waals surface area contributed by atoms with Crippen LogP contribution in [0.3, 0.4) is 0 Å². The summed E-state index contributed by atoms with van der Waals surface area (Å²) in [5.74, 6) is -5.81. The number of imide groups is 2. The Morgan fingerprint density at radius 1 is 0.868 bits per heavy atom. The molecule has 0 spiro atoms. The van der Waals surface area contributed by atoms with Crippen LogP contribution in [-0.4, -0.2) is 57.4 Å². The summed E-state index contributed by atoms with van der Waals surface area (Å²) in [6.45, 7) is 0.150. The number of hydrogen-bond donors (Lipinski definition) is 3. The molecule has 4 aromatic carbocycles. The van der Waals surface area contributed by atoms with E-state index >= 15 is 4.79 Å². The fourth-order valence-electron chi connectivity index (χ4n) is 9.13. The van der Waals surface area contributed by atoms with E-state index < -0.39 is 52.6 Å². The molecule has 0 bridgehead atoms. The molecule has 12 heteroatoms. The van der Waals surface area contributed by atoms with Crippen molar-refractivity contribution in [3.8, 4) is 17.2 Å². The summed E-state index contributed by atoms with van der Waals surface area (Å²) in [7, 11) is 1.45. The van der Waals surface area contributed by atoms with Gasteiger partial charge in [0.2, 0.25) is 11.8 Å². The standard InChI is InChI=1S/C41H35ClFN3O7/c1-53-34-20-28(48)14-15-30(34)36-29-16-17-31-35(39(51)45(37(31)49)19-18-22-2-12-27(47)13-3-22)32(29)21-33-38(50)46(44-26-10-8-25(43)9-11-26)40(52)41(33,36)23-4-6-24(42)7-5-23/h2-16,20,31-33,35-36,44,47-48H,17-19,21H2,1H3/t31-,32+,33-,35-,36+,41+/m0/s1. The summed E-state index contributed by atoms with van der Waals surface area (Å²) in [6, 6.07) is 23.3. The zero-order valence-corrected chi connectivity index (χ0v) is 29.3. The first-order valence-corrected chi connectivity index (χ1v) is 17.8. The topological polar surface area (TPSA) is 136 Å². The molecule has 270 valence electrons. The van der Waals surface area contributed by atoms with Crippen LogP contribution < -0.4 is 10.2 Å². The molecule has 2 saturated heterocycles. The van der Waals surface area contributed by atoms with Crippen LogP contribution in [-0.2, 0) is 31.0 Å². The second-order valence-corrected chi connectivity index (χ2v) is 14.5. The van der Waals surface area contributed by atoms with Crippen LogP contribution >= 0.6 is 11.6 Å². The van der Waals surface area contributed by atoms with Crippen LogP contribution in [0, 0.1) is 29.5 Å². The molecule has 4 aromatic rings. The van der Waals surface area contributed by atoms with Crippen molar-refractivity contribution in [1.29, 1.82) is 0 Å². The molecule has 0 radical (unpaired) electrons. The number of amides is 4. The van der Waals surface area contributed by atoms with E-state index in [1.54, 1.807) is 54.6 Å². The van der Waals surface area contributed by atoms with Crippen molar-refractivity contribution in [2.75, 3.05) is 19.1 Å². The van der Waals surface area contributed by atoms with Crippen molar-refractivity contribution in [3.05, 3.63) is 130 Å². The highest BCUT2D eigenvalue weighted by Gasteiger charge is 2.70. The van der Waals surface area contributed by atoms with Gasteiger partial charge in [-0.2, -0.15) is 5.01 Å². The van der Waals surface area contributed by atoms with E-state index in [2.05, 4.69) is 5.43 Å². The molecular formula is C41H35ClFN3O7. The molecule has 3 fully saturated rings. The number of carbonyl (C=O) groups excluding carboxylic acids is 4. The largest absolute Gasteiger partial charge is 0.508 e. The average molecular weight is 736 g/mol. The van der Waals surface area contributed by atoms with Gasteiger partial charge in [-0.25, -0.2) is 4.39 Å². The quantitative estimate of drug-likeness (QED) is 0.145. The van der Waals surface area contributed by atoms with Crippen molar-refractivity contribution in [1.82, 2.24) is 9.91 Å². The van der Waals surface area contributed by atoms with Gasteiger partial charge in [-0.15, -0.1) is 0 Å². The first-order chi connectivity index (χ1) is 25.5. The number of halogens is 2. The number of methoxy groups -OCH3 is 1. The van der Waals surface area contributed by atoms with E-state index in [1.807, 2.05) is 6.08 Å². The number of benzene rings is 4. The Morgan fingerprint density at radius 3 is 2.26 bits per heavy atom. The van der Waals surface area contributed by atoms with Crippen LogP contribution in [0.4, 0.5) is 10.1 Å². The minimum absolute atomic E-state index is 0.0676. The van der Waals surface area contributed by atoms with Gasteiger partial charge in [0.15, 0.2) is 0 Å². The molecule has 0 unspecified atom stereocenters. The predicted molar refractivity (Wildman–Crippen MR) is 192 cm³/mol. The number of hydrazine groups is 1. The number of phenols is 2. The summed E-state index contributed by atoms with van der Waals surface area (Å²) in [4.78, 5) is 59.7. The van der Waals surface area contributed by atoms with E-state index in [1.165, 1.54) is 48.4 Å². The number of nitrogens with zero attached hydrogens (tertiary/aromatic N) is 2. The first kappa shape index (κ1) is 34.4. The predicted octanol–water partition coefficient (Wildman–Crippen LogP) is 6.13. The average Bonchev–Trinajstić information content (AvgIpc) is 3.53. The van der Waals surface area contributed by atoms with Crippen molar-refractivity contribution < 1.29 is 38.5 Å². The molecule has 0 aromatic heterocycles. The Labute approximate surface area is 309 Å². The number of aromatic hydroxyl groups is 2. The maximum absolute atomic E-state index is 15.3. The van der Waals surface area contributed by atoms with Gasteiger partial charge in [-0.3, -0.25) is 29.5 Å². The molecule has 53 heavy (non-hydrogen) atoms. The van der Waals surface area contributed by atoms with Crippen molar-refractivity contribution in [2.45, 2.75) is 30.6 Å². The van der Waals surface area contributed by atoms with Gasteiger partial charge in [-0.1, -0.05) is 53.6 Å². The molecule has 2 heterocycles. The summed E-state index contributed by atoms with van der Waals surface area (Å²) >= 11 is 6.36. The van der Waals surface area contributed by atoms with E-state index in [-0.39, 0.29) is 48.4 Å². The van der Waals surface area contributed by atoms with Crippen LogP contribution in [0.5, 0.6) is 17.2 Å². The number of fused-ring (bicyclic) bond motifs is 4. The fourth-order valence-corrected chi connectivity index (χ4v) is 9.25. The van der Waals surface area contributed by atoms with Gasteiger partial charge in [-0.05, 0) is 90.9 Å². The van der Waals surface area contributed by atoms with Crippen molar-refractivity contribution in [3.63, 3.8) is 0 Å². The number of likely N-dealkylation sites (tertiary alicyclic amines) is 1. The molecule has 10 nitrogen and oxygen atoms in total. The molecule has 2 aliphatic carbocycles. The molecular weight excluding hydrogens is 701 g/mol. The Bertz CT molecular complexity index is 2180. The maximum atomic E-state index is 15.3. The molecule has 3 N–H and O–H groups in total. The third kappa shape index (κ3) is 5.44. The number of nitrogens with one attached hydrogen (secondary N) is 1. The summed E-state index contributed by atoms with van der Waals surface area (Å²) < 4.78 is 19.7. The van der Waals surface area contributed by atoms with Crippen LogP contribution in [0.25, 0.3) is 0 Å². The number of carbonyl (C=O) groups is 4. The zero-order valence-electron chi connectivity index (χ0n) is 28.5. The molecule has 1 saturated carbocycles. The molecule has 6 atom stereocenters. The van der Waals surface area contributed by atoms with Gasteiger partial charge in [0.25, 0.3) is 11.8 Å². The third-order valence-corrected chi connectivity index (χ3v) is 11.7. The lowest BCUT2D eigenvalue weighted by atomic mass is 9.49. The Balaban J connectivity index is 1.27. The Kier molecular flexibility index (Phi) is 8.48.